The van der Waals surface area contributed by atoms with Gasteiger partial charge in [0.15, 0.2) is 0 Å². The van der Waals surface area contributed by atoms with Gasteiger partial charge in [-0.1, -0.05) is 18.5 Å². The molecule has 20 heavy (non-hydrogen) atoms. The Morgan fingerprint density at radius 3 is 2.60 bits per heavy atom. The first-order valence-electron chi connectivity index (χ1n) is 7.64. The molecule has 5 heteroatoms. The van der Waals surface area contributed by atoms with Crippen LogP contribution in [-0.2, 0) is 6.54 Å². The van der Waals surface area contributed by atoms with Crippen LogP contribution in [0.1, 0.15) is 44.1 Å². The molecule has 1 aromatic heterocycles. The van der Waals surface area contributed by atoms with Crippen LogP contribution in [0.2, 0.25) is 5.15 Å². The van der Waals surface area contributed by atoms with E-state index >= 15 is 0 Å². The van der Waals surface area contributed by atoms with Gasteiger partial charge in [0.25, 0.3) is 0 Å². The third-order valence-corrected chi connectivity index (χ3v) is 4.78. The molecule has 3 rings (SSSR count). The molecule has 2 aliphatic rings. The summed E-state index contributed by atoms with van der Waals surface area (Å²) in [7, 11) is 0. The molecule has 0 aromatic carbocycles. The van der Waals surface area contributed by atoms with Gasteiger partial charge in [-0.3, -0.25) is 4.90 Å². The first-order chi connectivity index (χ1) is 9.64. The van der Waals surface area contributed by atoms with E-state index in [1.165, 1.54) is 25.7 Å². The fourth-order valence-electron chi connectivity index (χ4n) is 3.67. The molecular weight excluding hydrogens is 272 g/mol. The molecule has 2 bridgehead atoms. The summed E-state index contributed by atoms with van der Waals surface area (Å²) in [6.07, 6.45) is 5.19. The molecule has 2 fully saturated rings. The number of hydrogen-bond acceptors (Lipinski definition) is 4. The van der Waals surface area contributed by atoms with E-state index in [0.29, 0.717) is 11.2 Å². The van der Waals surface area contributed by atoms with Crippen LogP contribution in [0, 0.1) is 6.92 Å². The normalized spacial score (nSPS) is 29.1. The van der Waals surface area contributed by atoms with Crippen molar-refractivity contribution in [2.75, 3.05) is 6.54 Å². The molecule has 2 aliphatic heterocycles. The van der Waals surface area contributed by atoms with Crippen molar-refractivity contribution in [1.82, 2.24) is 20.2 Å². The van der Waals surface area contributed by atoms with Crippen molar-refractivity contribution in [3.05, 3.63) is 22.7 Å². The second-order valence-electron chi connectivity index (χ2n) is 6.07. The quantitative estimate of drug-likeness (QED) is 0.867. The van der Waals surface area contributed by atoms with Gasteiger partial charge in [0.2, 0.25) is 0 Å². The van der Waals surface area contributed by atoms with Gasteiger partial charge >= 0.3 is 0 Å². The number of aromatic nitrogens is 2. The van der Waals surface area contributed by atoms with E-state index in [2.05, 4.69) is 27.1 Å². The smallest absolute Gasteiger partial charge is 0.144 e. The maximum absolute atomic E-state index is 6.04. The van der Waals surface area contributed by atoms with Gasteiger partial charge in [-0.05, 0) is 45.2 Å². The van der Waals surface area contributed by atoms with Crippen LogP contribution in [-0.4, -0.2) is 39.5 Å². The van der Waals surface area contributed by atoms with E-state index in [9.17, 15) is 0 Å². The maximum Gasteiger partial charge on any atom is 0.144 e. The Labute approximate surface area is 125 Å². The number of fused-ring (bicyclic) bond motifs is 2. The Morgan fingerprint density at radius 1 is 1.30 bits per heavy atom. The minimum absolute atomic E-state index is 0.550. The molecule has 4 nitrogen and oxygen atoms in total. The largest absolute Gasteiger partial charge is 0.311 e. The van der Waals surface area contributed by atoms with Crippen molar-refractivity contribution < 1.29 is 0 Å². The predicted octanol–water partition coefficient (Wildman–Crippen LogP) is 2.54. The summed E-state index contributed by atoms with van der Waals surface area (Å²) in [5.41, 5.74) is 0.946. The second kappa shape index (κ2) is 5.96. The van der Waals surface area contributed by atoms with Gasteiger partial charge in [-0.25, -0.2) is 9.97 Å². The minimum Gasteiger partial charge on any atom is -0.311 e. The number of piperidine rings is 1. The van der Waals surface area contributed by atoms with Crippen molar-refractivity contribution in [3.8, 4) is 0 Å². The van der Waals surface area contributed by atoms with Crippen molar-refractivity contribution in [2.24, 2.45) is 0 Å². The SMILES string of the molecule is CCN(Cc1nc(C)cc(Cl)n1)C1CC2CCC(C1)N2. The Morgan fingerprint density at radius 2 is 2.00 bits per heavy atom. The zero-order valence-electron chi connectivity index (χ0n) is 12.3. The highest BCUT2D eigenvalue weighted by Crippen LogP contribution is 2.30. The van der Waals surface area contributed by atoms with Gasteiger partial charge in [0.05, 0.1) is 6.54 Å². The molecule has 0 saturated carbocycles. The molecule has 3 heterocycles. The van der Waals surface area contributed by atoms with Crippen molar-refractivity contribution in [1.29, 1.82) is 0 Å². The van der Waals surface area contributed by atoms with E-state index in [4.69, 9.17) is 11.6 Å². The fourth-order valence-corrected chi connectivity index (χ4v) is 3.92. The van der Waals surface area contributed by atoms with Crippen LogP contribution in [0.3, 0.4) is 0 Å². The Kier molecular flexibility index (Phi) is 4.24. The average molecular weight is 295 g/mol. The molecule has 0 amide bonds. The van der Waals surface area contributed by atoms with Crippen molar-refractivity contribution in [3.63, 3.8) is 0 Å². The first kappa shape index (κ1) is 14.2. The Balaban J connectivity index is 1.70. The molecule has 2 saturated heterocycles. The first-order valence-corrected chi connectivity index (χ1v) is 8.02. The third kappa shape index (κ3) is 3.13. The highest BCUT2D eigenvalue weighted by Gasteiger charge is 2.35. The van der Waals surface area contributed by atoms with Crippen LogP contribution in [0.15, 0.2) is 6.07 Å². The molecule has 1 N–H and O–H groups in total. The Hall–Kier alpha value is -0.710. The lowest BCUT2D eigenvalue weighted by Gasteiger charge is -2.37. The van der Waals surface area contributed by atoms with E-state index in [0.717, 1.165) is 36.7 Å². The number of nitrogens with zero attached hydrogens (tertiary/aromatic N) is 3. The summed E-state index contributed by atoms with van der Waals surface area (Å²) < 4.78 is 0. The van der Waals surface area contributed by atoms with Crippen LogP contribution >= 0.6 is 11.6 Å². The van der Waals surface area contributed by atoms with Crippen LogP contribution in [0.25, 0.3) is 0 Å². The molecule has 2 atom stereocenters. The summed E-state index contributed by atoms with van der Waals surface area (Å²) in [5, 5.41) is 4.25. The third-order valence-electron chi connectivity index (χ3n) is 4.58. The van der Waals surface area contributed by atoms with E-state index < -0.39 is 0 Å². The molecule has 2 unspecified atom stereocenters. The van der Waals surface area contributed by atoms with Gasteiger partial charge in [0.1, 0.15) is 11.0 Å². The number of nitrogens with one attached hydrogen (secondary N) is 1. The lowest BCUT2D eigenvalue weighted by Crippen LogP contribution is -2.48. The molecule has 1 aromatic rings. The lowest BCUT2D eigenvalue weighted by molar-refractivity contribution is 0.137. The average Bonchev–Trinajstić information content (AvgIpc) is 2.73. The zero-order chi connectivity index (χ0) is 14.1. The van der Waals surface area contributed by atoms with Crippen LogP contribution in [0.4, 0.5) is 0 Å². The monoisotopic (exact) mass is 294 g/mol. The molecule has 0 aliphatic carbocycles. The molecule has 110 valence electrons. The molecule has 0 radical (unpaired) electrons. The minimum atomic E-state index is 0.550. The van der Waals surface area contributed by atoms with Gasteiger partial charge in [0, 0.05) is 23.8 Å². The summed E-state index contributed by atoms with van der Waals surface area (Å²) in [6, 6.07) is 3.90. The van der Waals surface area contributed by atoms with Gasteiger partial charge in [-0.2, -0.15) is 0 Å². The van der Waals surface area contributed by atoms with E-state index in [1.807, 2.05) is 13.0 Å². The van der Waals surface area contributed by atoms with Gasteiger partial charge < -0.3 is 5.32 Å². The molecular formula is C15H23ClN4. The summed E-state index contributed by atoms with van der Waals surface area (Å²) in [5.74, 6) is 0.850. The highest BCUT2D eigenvalue weighted by atomic mass is 35.5. The lowest BCUT2D eigenvalue weighted by atomic mass is 9.98. The standard InChI is InChI=1S/C15H23ClN4/c1-3-20(9-15-17-10(2)6-14(16)19-15)13-7-11-4-5-12(8-13)18-11/h6,11-13,18H,3-5,7-9H2,1-2H3. The summed E-state index contributed by atoms with van der Waals surface area (Å²) in [6.45, 7) is 6.04. The van der Waals surface area contributed by atoms with Gasteiger partial charge in [-0.15, -0.1) is 0 Å². The number of hydrogen-bond donors (Lipinski definition) is 1. The number of rotatable bonds is 4. The van der Waals surface area contributed by atoms with Crippen molar-refractivity contribution >= 4 is 11.6 Å². The summed E-state index contributed by atoms with van der Waals surface area (Å²) >= 11 is 6.04. The topological polar surface area (TPSA) is 41.1 Å². The molecule has 0 spiro atoms. The maximum atomic E-state index is 6.04. The predicted molar refractivity (Wildman–Crippen MR) is 80.8 cm³/mol. The Bertz CT molecular complexity index is 447. The van der Waals surface area contributed by atoms with Crippen molar-refractivity contribution in [2.45, 2.75) is 64.2 Å². The second-order valence-corrected chi connectivity index (χ2v) is 6.46. The van der Waals surface area contributed by atoms with Crippen LogP contribution < -0.4 is 5.32 Å². The van der Waals surface area contributed by atoms with E-state index in [-0.39, 0.29) is 0 Å². The number of halogens is 1. The highest BCUT2D eigenvalue weighted by molar-refractivity contribution is 6.29. The zero-order valence-corrected chi connectivity index (χ0v) is 13.0. The number of aryl methyl sites for hydroxylation is 1. The fraction of sp³-hybridized carbons (Fsp3) is 0.733. The summed E-state index contributed by atoms with van der Waals surface area (Å²) in [4.78, 5) is 11.4. The van der Waals surface area contributed by atoms with E-state index in [1.54, 1.807) is 0 Å². The van der Waals surface area contributed by atoms with Crippen LogP contribution in [0.5, 0.6) is 0 Å².